The lowest BCUT2D eigenvalue weighted by Gasteiger charge is -2.25. The van der Waals surface area contributed by atoms with E-state index >= 15 is 0 Å². The number of benzene rings is 1. The lowest BCUT2D eigenvalue weighted by molar-refractivity contribution is 0.0655. The molecule has 2 rings (SSSR count). The Hall–Kier alpha value is -0.860. The fourth-order valence-electron chi connectivity index (χ4n) is 2.38. The van der Waals surface area contributed by atoms with Crippen molar-refractivity contribution in [1.29, 1.82) is 0 Å². The second-order valence-corrected chi connectivity index (χ2v) is 7.18. The Kier molecular flexibility index (Phi) is 6.46. The van der Waals surface area contributed by atoms with E-state index in [-0.39, 0.29) is 10.6 Å². The van der Waals surface area contributed by atoms with Gasteiger partial charge in [-0.15, -0.1) is 0 Å². The van der Waals surface area contributed by atoms with Gasteiger partial charge in [0.25, 0.3) is 10.0 Å². The second-order valence-electron chi connectivity index (χ2n) is 5.13. The minimum Gasteiger partial charge on any atom is -0.495 e. The van der Waals surface area contributed by atoms with Crippen LogP contribution >= 0.6 is 11.6 Å². The summed E-state index contributed by atoms with van der Waals surface area (Å²) in [6, 6.07) is 4.40. The minimum atomic E-state index is -3.83. The van der Waals surface area contributed by atoms with Crippen molar-refractivity contribution >= 4 is 21.6 Å². The average Bonchev–Trinajstić information content (AvgIpc) is 2.52. The lowest BCUT2D eigenvalue weighted by Crippen LogP contribution is -2.35. The fraction of sp³-hybridized carbons (Fsp3) is 0.571. The highest BCUT2D eigenvalue weighted by Crippen LogP contribution is 2.26. The van der Waals surface area contributed by atoms with Crippen LogP contribution in [0.3, 0.4) is 0 Å². The van der Waals surface area contributed by atoms with Gasteiger partial charge in [0.15, 0.2) is 0 Å². The molecule has 1 aromatic carbocycles. The summed E-state index contributed by atoms with van der Waals surface area (Å²) in [6.07, 6.45) is 3.63. The first kappa shape index (κ1) is 17.5. The number of likely N-dealkylation sites (tertiary alicyclic amines) is 1. The van der Waals surface area contributed by atoms with Crippen LogP contribution in [0.4, 0.5) is 0 Å². The van der Waals surface area contributed by atoms with E-state index in [4.69, 9.17) is 21.2 Å². The summed E-state index contributed by atoms with van der Waals surface area (Å²) in [5.41, 5.74) is 0. The lowest BCUT2D eigenvalue weighted by atomic mass is 10.1. The van der Waals surface area contributed by atoms with Gasteiger partial charge in [-0.1, -0.05) is 22.9 Å². The molecule has 0 unspecified atom stereocenters. The Morgan fingerprint density at radius 3 is 2.68 bits per heavy atom. The largest absolute Gasteiger partial charge is 0.495 e. The SMILES string of the molecule is COc1ccc(Cl)cc1S(=O)(=O)NOCCN1CCCCC1. The predicted octanol–water partition coefficient (Wildman–Crippen LogP) is 2.04. The summed E-state index contributed by atoms with van der Waals surface area (Å²) >= 11 is 5.85. The van der Waals surface area contributed by atoms with E-state index < -0.39 is 10.0 Å². The van der Waals surface area contributed by atoms with Crippen molar-refractivity contribution in [3.8, 4) is 5.75 Å². The summed E-state index contributed by atoms with van der Waals surface area (Å²) < 4.78 is 29.5. The maximum atomic E-state index is 12.2. The van der Waals surface area contributed by atoms with Crippen molar-refractivity contribution < 1.29 is 18.0 Å². The first-order valence-electron chi connectivity index (χ1n) is 7.22. The van der Waals surface area contributed by atoms with Crippen molar-refractivity contribution in [2.45, 2.75) is 24.2 Å². The van der Waals surface area contributed by atoms with E-state index in [1.807, 2.05) is 0 Å². The van der Waals surface area contributed by atoms with Gasteiger partial charge in [-0.25, -0.2) is 8.42 Å². The number of methoxy groups -OCH3 is 1. The van der Waals surface area contributed by atoms with Crippen LogP contribution in [0.25, 0.3) is 0 Å². The Balaban J connectivity index is 1.89. The Morgan fingerprint density at radius 2 is 2.00 bits per heavy atom. The molecule has 1 aliphatic heterocycles. The van der Waals surface area contributed by atoms with Crippen LogP contribution in [0.1, 0.15) is 19.3 Å². The number of ether oxygens (including phenoxy) is 1. The van der Waals surface area contributed by atoms with E-state index in [9.17, 15) is 8.42 Å². The van der Waals surface area contributed by atoms with Crippen LogP contribution in [0.2, 0.25) is 5.02 Å². The molecule has 6 nitrogen and oxygen atoms in total. The quantitative estimate of drug-likeness (QED) is 0.603. The highest BCUT2D eigenvalue weighted by atomic mass is 35.5. The average molecular weight is 349 g/mol. The van der Waals surface area contributed by atoms with Crippen molar-refractivity contribution in [1.82, 2.24) is 9.79 Å². The van der Waals surface area contributed by atoms with Gasteiger partial charge >= 0.3 is 0 Å². The van der Waals surface area contributed by atoms with E-state index in [2.05, 4.69) is 9.79 Å². The van der Waals surface area contributed by atoms with Crippen molar-refractivity contribution in [2.24, 2.45) is 0 Å². The molecule has 124 valence electrons. The number of nitrogens with one attached hydrogen (secondary N) is 1. The van der Waals surface area contributed by atoms with Gasteiger partial charge in [0.1, 0.15) is 10.6 Å². The van der Waals surface area contributed by atoms with Crippen molar-refractivity contribution in [2.75, 3.05) is 33.4 Å². The standard InChI is InChI=1S/C14H21ClN2O4S/c1-20-13-6-5-12(15)11-14(13)22(18,19)16-21-10-9-17-7-3-2-4-8-17/h5-6,11,16H,2-4,7-10H2,1H3. The summed E-state index contributed by atoms with van der Waals surface area (Å²) in [6.45, 7) is 3.08. The highest BCUT2D eigenvalue weighted by molar-refractivity contribution is 7.89. The van der Waals surface area contributed by atoms with Crippen LogP contribution < -0.4 is 9.62 Å². The number of hydrogen-bond acceptors (Lipinski definition) is 5. The number of sulfonamides is 1. The third-order valence-corrected chi connectivity index (χ3v) is 5.01. The Bertz CT molecular complexity index is 589. The summed E-state index contributed by atoms with van der Waals surface area (Å²) in [7, 11) is -2.43. The Morgan fingerprint density at radius 1 is 1.27 bits per heavy atom. The maximum absolute atomic E-state index is 12.2. The molecule has 0 atom stereocenters. The molecule has 1 fully saturated rings. The zero-order valence-electron chi connectivity index (χ0n) is 12.5. The highest BCUT2D eigenvalue weighted by Gasteiger charge is 2.20. The van der Waals surface area contributed by atoms with Crippen molar-refractivity contribution in [3.05, 3.63) is 23.2 Å². The molecule has 0 aliphatic carbocycles. The summed E-state index contributed by atoms with van der Waals surface area (Å²) in [5, 5.41) is 0.314. The van der Waals surface area contributed by atoms with E-state index in [1.54, 1.807) is 6.07 Å². The molecule has 1 aromatic rings. The zero-order valence-corrected chi connectivity index (χ0v) is 14.1. The van der Waals surface area contributed by atoms with Gasteiger partial charge < -0.3 is 9.64 Å². The third-order valence-electron chi connectivity index (χ3n) is 3.54. The molecule has 1 heterocycles. The van der Waals surface area contributed by atoms with Crippen LogP contribution in [-0.2, 0) is 14.9 Å². The molecule has 0 radical (unpaired) electrons. The summed E-state index contributed by atoms with van der Waals surface area (Å²) in [5.74, 6) is 0.219. The number of hydrogen-bond donors (Lipinski definition) is 1. The number of piperidine rings is 1. The fourth-order valence-corrected chi connectivity index (χ4v) is 3.65. The zero-order chi connectivity index (χ0) is 16.0. The molecule has 0 bridgehead atoms. The molecule has 1 saturated heterocycles. The van der Waals surface area contributed by atoms with Crippen LogP contribution in [0, 0.1) is 0 Å². The number of nitrogens with zero attached hydrogens (tertiary/aromatic N) is 1. The Labute approximate surface area is 136 Å². The molecular formula is C14H21ClN2O4S. The minimum absolute atomic E-state index is 0.0412. The normalized spacial score (nSPS) is 16.6. The topological polar surface area (TPSA) is 67.9 Å². The van der Waals surface area contributed by atoms with Gasteiger partial charge in [-0.05, 0) is 44.1 Å². The van der Waals surface area contributed by atoms with E-state index in [0.29, 0.717) is 18.2 Å². The second kappa shape index (κ2) is 8.12. The monoisotopic (exact) mass is 348 g/mol. The first-order chi connectivity index (χ1) is 10.5. The first-order valence-corrected chi connectivity index (χ1v) is 9.08. The van der Waals surface area contributed by atoms with Gasteiger partial charge in [-0.2, -0.15) is 0 Å². The molecule has 0 aromatic heterocycles. The van der Waals surface area contributed by atoms with Crippen LogP contribution in [-0.4, -0.2) is 46.7 Å². The molecular weight excluding hydrogens is 328 g/mol. The molecule has 0 spiro atoms. The molecule has 0 amide bonds. The molecule has 22 heavy (non-hydrogen) atoms. The molecule has 1 aliphatic rings. The van der Waals surface area contributed by atoms with Gasteiger partial charge in [-0.3, -0.25) is 4.84 Å². The predicted molar refractivity (Wildman–Crippen MR) is 84.6 cm³/mol. The van der Waals surface area contributed by atoms with E-state index in [1.165, 1.54) is 38.5 Å². The molecule has 8 heteroatoms. The molecule has 1 N–H and O–H groups in total. The number of rotatable bonds is 7. The molecule has 0 saturated carbocycles. The van der Waals surface area contributed by atoms with Gasteiger partial charge in [0.05, 0.1) is 13.7 Å². The van der Waals surface area contributed by atoms with Crippen LogP contribution in [0.5, 0.6) is 5.75 Å². The van der Waals surface area contributed by atoms with Gasteiger partial charge in [0, 0.05) is 11.6 Å². The number of halogens is 1. The van der Waals surface area contributed by atoms with Crippen LogP contribution in [0.15, 0.2) is 23.1 Å². The summed E-state index contributed by atoms with van der Waals surface area (Å²) in [4.78, 5) is 9.46. The van der Waals surface area contributed by atoms with Gasteiger partial charge in [0.2, 0.25) is 0 Å². The third kappa shape index (κ3) is 4.82. The van der Waals surface area contributed by atoms with Crippen molar-refractivity contribution in [3.63, 3.8) is 0 Å². The van der Waals surface area contributed by atoms with E-state index in [0.717, 1.165) is 13.1 Å². The smallest absolute Gasteiger partial charge is 0.266 e. The maximum Gasteiger partial charge on any atom is 0.266 e.